The summed E-state index contributed by atoms with van der Waals surface area (Å²) in [6, 6.07) is 14.5. The van der Waals surface area contributed by atoms with Crippen molar-refractivity contribution in [3.63, 3.8) is 0 Å². The topological polar surface area (TPSA) is 109 Å². The van der Waals surface area contributed by atoms with Crippen LogP contribution in [0.25, 0.3) is 10.8 Å². The minimum Gasteiger partial charge on any atom is -0.494 e. The van der Waals surface area contributed by atoms with E-state index in [2.05, 4.69) is 48.3 Å². The highest BCUT2D eigenvalue weighted by molar-refractivity contribution is 6.48. The van der Waals surface area contributed by atoms with Crippen LogP contribution in [-0.2, 0) is 14.9 Å². The van der Waals surface area contributed by atoms with Gasteiger partial charge in [-0.1, -0.05) is 45.0 Å². The van der Waals surface area contributed by atoms with E-state index in [1.165, 1.54) is 7.11 Å². The molecule has 2 heterocycles. The molecule has 2 amide bonds. The molecule has 0 saturated carbocycles. The molecule has 5 rings (SSSR count). The molecule has 2 saturated heterocycles. The van der Waals surface area contributed by atoms with E-state index in [1.54, 1.807) is 12.1 Å². The van der Waals surface area contributed by atoms with E-state index in [0.29, 0.717) is 23.3 Å². The lowest BCUT2D eigenvalue weighted by atomic mass is 9.81. The average molecular weight is 645 g/mol. The van der Waals surface area contributed by atoms with Crippen molar-refractivity contribution < 1.29 is 28.6 Å². The second kappa shape index (κ2) is 15.3. The summed E-state index contributed by atoms with van der Waals surface area (Å²) in [6.07, 6.45) is 2.51. The Morgan fingerprint density at radius 1 is 0.957 bits per heavy atom. The zero-order valence-electron chi connectivity index (χ0n) is 28.3. The number of ether oxygens (including phenoxy) is 3. The number of Topliss-reactive ketones (excluding diaryl/α,β-unsaturated/α-hetero) is 1. The third kappa shape index (κ3) is 8.12. The van der Waals surface area contributed by atoms with Crippen LogP contribution in [0.2, 0.25) is 0 Å². The number of hydrogen-bond acceptors (Lipinski definition) is 8. The number of piperidine rings is 1. The quantitative estimate of drug-likeness (QED) is 0.212. The van der Waals surface area contributed by atoms with Gasteiger partial charge in [0.25, 0.3) is 17.6 Å². The lowest BCUT2D eigenvalue weighted by molar-refractivity contribution is -0.112. The Morgan fingerprint density at radius 2 is 1.66 bits per heavy atom. The number of nitrogens with one attached hydrogen (secondary N) is 2. The smallest absolute Gasteiger partial charge is 0.296 e. The van der Waals surface area contributed by atoms with Crippen LogP contribution in [-0.4, -0.2) is 100 Å². The van der Waals surface area contributed by atoms with Crippen molar-refractivity contribution in [2.45, 2.75) is 51.5 Å². The van der Waals surface area contributed by atoms with Gasteiger partial charge in [-0.3, -0.25) is 19.3 Å². The van der Waals surface area contributed by atoms with Crippen molar-refractivity contribution in [1.82, 2.24) is 15.1 Å². The number of anilines is 1. The molecule has 2 fully saturated rings. The summed E-state index contributed by atoms with van der Waals surface area (Å²) in [5.41, 5.74) is 1.44. The number of hydrogen-bond donors (Lipinski definition) is 2. The number of likely N-dealkylation sites (tertiary alicyclic amines) is 1. The zero-order valence-corrected chi connectivity index (χ0v) is 28.3. The number of morpholine rings is 1. The first-order valence-corrected chi connectivity index (χ1v) is 16.6. The summed E-state index contributed by atoms with van der Waals surface area (Å²) in [5.74, 6) is -0.895. The predicted octanol–water partition coefficient (Wildman–Crippen LogP) is 4.89. The number of benzene rings is 3. The number of ketones is 1. The fourth-order valence-electron chi connectivity index (χ4n) is 6.13. The Kier molecular flexibility index (Phi) is 11.2. The number of amides is 2. The van der Waals surface area contributed by atoms with E-state index in [1.807, 2.05) is 36.4 Å². The number of carbonyl (C=O) groups excluding carboxylic acids is 3. The van der Waals surface area contributed by atoms with Crippen LogP contribution in [0.3, 0.4) is 0 Å². The molecule has 0 atom stereocenters. The zero-order chi connectivity index (χ0) is 33.6. The molecule has 0 spiro atoms. The number of carbonyl (C=O) groups is 3. The van der Waals surface area contributed by atoms with Gasteiger partial charge in [0.15, 0.2) is 5.75 Å². The molecule has 47 heavy (non-hydrogen) atoms. The molecule has 10 nitrogen and oxygen atoms in total. The maximum atomic E-state index is 13.7. The molecule has 2 aliphatic heterocycles. The van der Waals surface area contributed by atoms with E-state index in [4.69, 9.17) is 14.2 Å². The van der Waals surface area contributed by atoms with Gasteiger partial charge in [0.1, 0.15) is 12.4 Å². The van der Waals surface area contributed by atoms with Gasteiger partial charge in [-0.05, 0) is 80.0 Å². The highest BCUT2D eigenvalue weighted by atomic mass is 16.5. The normalized spacial score (nSPS) is 16.5. The maximum Gasteiger partial charge on any atom is 0.296 e. The number of rotatable bonds is 12. The van der Waals surface area contributed by atoms with Gasteiger partial charge in [-0.15, -0.1) is 0 Å². The molecule has 0 unspecified atom stereocenters. The van der Waals surface area contributed by atoms with Crippen molar-refractivity contribution in [2.75, 3.05) is 72.0 Å². The van der Waals surface area contributed by atoms with Crippen molar-refractivity contribution in [3.8, 4) is 11.5 Å². The monoisotopic (exact) mass is 644 g/mol. The van der Waals surface area contributed by atoms with E-state index < -0.39 is 11.7 Å². The first-order valence-electron chi connectivity index (χ1n) is 16.6. The van der Waals surface area contributed by atoms with Crippen LogP contribution in [0.15, 0.2) is 48.5 Å². The Labute approximate surface area is 277 Å². The van der Waals surface area contributed by atoms with Gasteiger partial charge in [0.2, 0.25) is 0 Å². The van der Waals surface area contributed by atoms with Gasteiger partial charge in [-0.25, -0.2) is 0 Å². The largest absolute Gasteiger partial charge is 0.494 e. The standard InChI is InChI=1S/C37H48N4O6/c1-6-37(2,3)25-23-30(35(43)38-26-13-15-40(4)16-14-26)34(45-5)31(24-25)39-36(44)33(42)29-11-12-32(28-10-8-7-9-27(28)29)47-22-19-41-17-20-46-21-18-41/h7-12,23-24,26H,6,13-22H2,1-5H3,(H,38,43)(H,39,44). The fraction of sp³-hybridized carbons (Fsp3) is 0.486. The van der Waals surface area contributed by atoms with Crippen molar-refractivity contribution in [1.29, 1.82) is 0 Å². The molecule has 252 valence electrons. The number of nitrogens with zero attached hydrogens (tertiary/aromatic N) is 2. The lowest BCUT2D eigenvalue weighted by Gasteiger charge is -2.30. The Morgan fingerprint density at radius 3 is 2.34 bits per heavy atom. The fourth-order valence-corrected chi connectivity index (χ4v) is 6.13. The summed E-state index contributed by atoms with van der Waals surface area (Å²) in [6.45, 7) is 12.5. The minimum absolute atomic E-state index is 0.0467. The molecule has 3 aromatic carbocycles. The Balaban J connectivity index is 1.39. The lowest BCUT2D eigenvalue weighted by Crippen LogP contribution is -2.43. The molecular weight excluding hydrogens is 596 g/mol. The average Bonchev–Trinajstić information content (AvgIpc) is 3.09. The molecule has 2 N–H and O–H groups in total. The summed E-state index contributed by atoms with van der Waals surface area (Å²) in [5, 5.41) is 7.36. The summed E-state index contributed by atoms with van der Waals surface area (Å²) < 4.78 is 17.3. The molecule has 0 bridgehead atoms. The second-order valence-corrected chi connectivity index (χ2v) is 13.1. The molecule has 2 aliphatic rings. The second-order valence-electron chi connectivity index (χ2n) is 13.1. The maximum absolute atomic E-state index is 13.7. The van der Waals surface area contributed by atoms with Crippen LogP contribution < -0.4 is 20.1 Å². The molecular formula is C37H48N4O6. The SMILES string of the molecule is CCC(C)(C)c1cc(NC(=O)C(=O)c2ccc(OCCN3CCOCC3)c3ccccc23)c(OC)c(C(=O)NC2CCN(C)CC2)c1. The van der Waals surface area contributed by atoms with E-state index in [9.17, 15) is 14.4 Å². The van der Waals surface area contributed by atoms with E-state index >= 15 is 0 Å². The number of methoxy groups -OCH3 is 1. The van der Waals surface area contributed by atoms with Crippen molar-refractivity contribution in [2.24, 2.45) is 0 Å². The van der Waals surface area contributed by atoms with Gasteiger partial charge >= 0.3 is 0 Å². The highest BCUT2D eigenvalue weighted by Gasteiger charge is 2.29. The molecule has 0 aliphatic carbocycles. The summed E-state index contributed by atoms with van der Waals surface area (Å²) in [7, 11) is 3.54. The van der Waals surface area contributed by atoms with Crippen LogP contribution in [0.1, 0.15) is 66.3 Å². The molecule has 0 aromatic heterocycles. The van der Waals surface area contributed by atoms with Crippen molar-refractivity contribution >= 4 is 34.1 Å². The summed E-state index contributed by atoms with van der Waals surface area (Å²) in [4.78, 5) is 45.6. The van der Waals surface area contributed by atoms with Gasteiger partial charge in [-0.2, -0.15) is 0 Å². The molecule has 10 heteroatoms. The first-order chi connectivity index (χ1) is 22.6. The Hall–Kier alpha value is -3.99. The van der Waals surface area contributed by atoms with Gasteiger partial charge in [0.05, 0.1) is 31.6 Å². The van der Waals surface area contributed by atoms with Crippen LogP contribution in [0.5, 0.6) is 11.5 Å². The third-order valence-corrected chi connectivity index (χ3v) is 9.61. The first kappa shape index (κ1) is 34.3. The third-order valence-electron chi connectivity index (χ3n) is 9.61. The van der Waals surface area contributed by atoms with Crippen LogP contribution in [0, 0.1) is 0 Å². The summed E-state index contributed by atoms with van der Waals surface area (Å²) >= 11 is 0. The van der Waals surface area contributed by atoms with Crippen molar-refractivity contribution in [3.05, 3.63) is 65.2 Å². The number of fused-ring (bicyclic) bond motifs is 1. The minimum atomic E-state index is -0.817. The van der Waals surface area contributed by atoms with E-state index in [-0.39, 0.29) is 34.4 Å². The molecule has 0 radical (unpaired) electrons. The van der Waals surface area contributed by atoms with Gasteiger partial charge < -0.3 is 29.7 Å². The molecule has 3 aromatic rings. The van der Waals surface area contributed by atoms with E-state index in [0.717, 1.165) is 76.1 Å². The Bertz CT molecular complexity index is 1590. The highest BCUT2D eigenvalue weighted by Crippen LogP contribution is 2.37. The van der Waals surface area contributed by atoms with Crippen LogP contribution >= 0.6 is 0 Å². The predicted molar refractivity (Wildman–Crippen MR) is 184 cm³/mol. The van der Waals surface area contributed by atoms with Crippen LogP contribution in [0.4, 0.5) is 5.69 Å². The van der Waals surface area contributed by atoms with Gasteiger partial charge in [0, 0.05) is 36.6 Å².